The first-order chi connectivity index (χ1) is 8.41. The van der Waals surface area contributed by atoms with Gasteiger partial charge in [-0.1, -0.05) is 0 Å². The molecule has 2 heterocycles. The van der Waals surface area contributed by atoms with Crippen LogP contribution in [0, 0.1) is 0 Å². The van der Waals surface area contributed by atoms with Crippen molar-refractivity contribution in [3.8, 4) is 0 Å². The molecule has 1 aromatic rings. The molecular weight excluding hydrogens is 240 g/mol. The zero-order valence-corrected chi connectivity index (χ0v) is 9.95. The van der Waals surface area contributed by atoms with E-state index in [4.69, 9.17) is 0 Å². The second-order valence-corrected chi connectivity index (χ2v) is 4.42. The fourth-order valence-corrected chi connectivity index (χ4v) is 1.66. The molecule has 0 aromatic carbocycles. The number of hydrogen-bond acceptors (Lipinski definition) is 6. The van der Waals surface area contributed by atoms with Crippen LogP contribution in [0.2, 0.25) is 0 Å². The van der Waals surface area contributed by atoms with Crippen LogP contribution in [0.3, 0.4) is 0 Å². The van der Waals surface area contributed by atoms with E-state index in [1.54, 1.807) is 13.8 Å². The Morgan fingerprint density at radius 2 is 2.22 bits per heavy atom. The van der Waals surface area contributed by atoms with Crippen LogP contribution in [0.4, 0.5) is 0 Å². The van der Waals surface area contributed by atoms with Gasteiger partial charge in [-0.15, -0.1) is 5.10 Å². The van der Waals surface area contributed by atoms with E-state index in [2.05, 4.69) is 20.8 Å². The molecule has 1 aliphatic heterocycles. The maximum atomic E-state index is 12.0. The topological polar surface area (TPSA) is 110 Å². The van der Waals surface area contributed by atoms with Gasteiger partial charge in [0.05, 0.1) is 0 Å². The summed E-state index contributed by atoms with van der Waals surface area (Å²) in [6.07, 6.45) is 1.29. The minimum Gasteiger partial charge on any atom is -0.318 e. The Hall–Kier alpha value is -2.32. The molecule has 0 bridgehead atoms. The van der Waals surface area contributed by atoms with Crippen molar-refractivity contribution in [1.82, 2.24) is 30.4 Å². The van der Waals surface area contributed by atoms with Crippen molar-refractivity contribution < 1.29 is 14.4 Å². The Morgan fingerprint density at radius 1 is 1.50 bits per heavy atom. The highest BCUT2D eigenvalue weighted by atomic mass is 16.2. The Morgan fingerprint density at radius 3 is 2.83 bits per heavy atom. The van der Waals surface area contributed by atoms with E-state index in [0.717, 1.165) is 0 Å². The smallest absolute Gasteiger partial charge is 0.252 e. The van der Waals surface area contributed by atoms with Gasteiger partial charge in [-0.2, -0.15) is 0 Å². The Kier molecular flexibility index (Phi) is 2.81. The van der Waals surface area contributed by atoms with Crippen molar-refractivity contribution in [2.75, 3.05) is 6.54 Å². The number of aromatic nitrogens is 4. The zero-order valence-electron chi connectivity index (χ0n) is 9.95. The molecule has 2 rings (SSSR count). The number of amides is 3. The van der Waals surface area contributed by atoms with Crippen molar-refractivity contribution in [2.24, 2.45) is 0 Å². The van der Waals surface area contributed by atoms with Crippen LogP contribution in [-0.4, -0.2) is 54.9 Å². The fraction of sp³-hybridized carbons (Fsp3) is 0.556. The largest absolute Gasteiger partial charge is 0.318 e. The van der Waals surface area contributed by atoms with Crippen LogP contribution in [0.15, 0.2) is 6.33 Å². The van der Waals surface area contributed by atoms with Crippen molar-refractivity contribution in [1.29, 1.82) is 0 Å². The number of hydrogen-bond donors (Lipinski definition) is 1. The van der Waals surface area contributed by atoms with Gasteiger partial charge in [0.15, 0.2) is 0 Å². The molecule has 1 aliphatic rings. The lowest BCUT2D eigenvalue weighted by Crippen LogP contribution is -2.65. The number of carbonyl (C=O) groups excluding carboxylic acids is 3. The first-order valence-corrected chi connectivity index (χ1v) is 5.27. The van der Waals surface area contributed by atoms with E-state index in [9.17, 15) is 14.4 Å². The highest BCUT2D eigenvalue weighted by molar-refractivity contribution is 6.06. The predicted molar refractivity (Wildman–Crippen MR) is 56.8 cm³/mol. The molecule has 0 saturated carbocycles. The summed E-state index contributed by atoms with van der Waals surface area (Å²) < 4.78 is 1.23. The van der Waals surface area contributed by atoms with E-state index < -0.39 is 23.3 Å². The summed E-state index contributed by atoms with van der Waals surface area (Å²) in [5, 5.41) is 12.6. The predicted octanol–water partition coefficient (Wildman–Crippen LogP) is -2.06. The standard InChI is InChI=1S/C9H12N6O3/c1-9(2)8(18)11-6(16)3-15(9)7(17)4-14-5-10-12-13-14/h5H,3-4H2,1-2H3,(H,11,16,18). The average Bonchev–Trinajstić information content (AvgIpc) is 2.76. The number of nitrogens with zero attached hydrogens (tertiary/aromatic N) is 5. The summed E-state index contributed by atoms with van der Waals surface area (Å²) in [5.74, 6) is -1.39. The van der Waals surface area contributed by atoms with Gasteiger partial charge in [-0.3, -0.25) is 19.7 Å². The molecule has 0 unspecified atom stereocenters. The third kappa shape index (κ3) is 2.06. The number of nitrogens with one attached hydrogen (secondary N) is 1. The molecule has 0 radical (unpaired) electrons. The lowest BCUT2D eigenvalue weighted by atomic mass is 9.98. The first kappa shape index (κ1) is 12.1. The van der Waals surface area contributed by atoms with E-state index in [1.165, 1.54) is 15.9 Å². The van der Waals surface area contributed by atoms with Gasteiger partial charge in [0.2, 0.25) is 11.8 Å². The van der Waals surface area contributed by atoms with Gasteiger partial charge in [0.25, 0.3) is 5.91 Å². The van der Waals surface area contributed by atoms with E-state index >= 15 is 0 Å². The van der Waals surface area contributed by atoms with Crippen LogP contribution < -0.4 is 5.32 Å². The number of tetrazole rings is 1. The molecular formula is C9H12N6O3. The first-order valence-electron chi connectivity index (χ1n) is 5.27. The molecule has 96 valence electrons. The summed E-state index contributed by atoms with van der Waals surface area (Å²) in [7, 11) is 0. The van der Waals surface area contributed by atoms with Gasteiger partial charge >= 0.3 is 0 Å². The Labute approximate surface area is 102 Å². The van der Waals surface area contributed by atoms with Crippen LogP contribution in [0.25, 0.3) is 0 Å². The van der Waals surface area contributed by atoms with Crippen LogP contribution in [0.5, 0.6) is 0 Å². The van der Waals surface area contributed by atoms with Gasteiger partial charge in [0.1, 0.15) is 25.0 Å². The number of piperazine rings is 1. The molecule has 1 saturated heterocycles. The maximum Gasteiger partial charge on any atom is 0.252 e. The number of rotatable bonds is 2. The summed E-state index contributed by atoms with van der Waals surface area (Å²) >= 11 is 0. The number of imide groups is 1. The summed E-state index contributed by atoms with van der Waals surface area (Å²) in [6.45, 7) is 2.88. The average molecular weight is 252 g/mol. The van der Waals surface area contributed by atoms with Gasteiger partial charge in [-0.05, 0) is 24.3 Å². The van der Waals surface area contributed by atoms with Crippen molar-refractivity contribution in [3.63, 3.8) is 0 Å². The van der Waals surface area contributed by atoms with Crippen LogP contribution >= 0.6 is 0 Å². The van der Waals surface area contributed by atoms with Crippen molar-refractivity contribution >= 4 is 17.7 Å². The van der Waals surface area contributed by atoms with Crippen LogP contribution in [-0.2, 0) is 20.9 Å². The summed E-state index contributed by atoms with van der Waals surface area (Å²) in [6, 6.07) is 0. The number of carbonyl (C=O) groups is 3. The molecule has 0 spiro atoms. The molecule has 1 N–H and O–H groups in total. The molecule has 1 aromatic heterocycles. The molecule has 3 amide bonds. The molecule has 0 aliphatic carbocycles. The van der Waals surface area contributed by atoms with E-state index in [-0.39, 0.29) is 13.1 Å². The lowest BCUT2D eigenvalue weighted by molar-refractivity contribution is -0.156. The minimum absolute atomic E-state index is 0.114. The minimum atomic E-state index is -1.07. The third-order valence-electron chi connectivity index (χ3n) is 2.77. The van der Waals surface area contributed by atoms with E-state index in [1.807, 2.05) is 0 Å². The molecule has 18 heavy (non-hydrogen) atoms. The normalized spacial score (nSPS) is 18.7. The molecule has 9 nitrogen and oxygen atoms in total. The summed E-state index contributed by atoms with van der Waals surface area (Å²) in [4.78, 5) is 36.2. The second kappa shape index (κ2) is 4.17. The van der Waals surface area contributed by atoms with E-state index in [0.29, 0.717) is 0 Å². The molecule has 9 heteroatoms. The third-order valence-corrected chi connectivity index (χ3v) is 2.77. The second-order valence-electron chi connectivity index (χ2n) is 4.42. The maximum absolute atomic E-state index is 12.0. The Balaban J connectivity index is 2.17. The molecule has 0 atom stereocenters. The van der Waals surface area contributed by atoms with Gasteiger partial charge in [0, 0.05) is 0 Å². The SMILES string of the molecule is CC1(C)C(=O)NC(=O)CN1C(=O)Cn1cnnn1. The Bertz CT molecular complexity index is 494. The zero-order chi connectivity index (χ0) is 13.3. The highest BCUT2D eigenvalue weighted by Gasteiger charge is 2.43. The highest BCUT2D eigenvalue weighted by Crippen LogP contribution is 2.18. The fourth-order valence-electron chi connectivity index (χ4n) is 1.66. The van der Waals surface area contributed by atoms with Crippen molar-refractivity contribution in [2.45, 2.75) is 25.9 Å². The van der Waals surface area contributed by atoms with Gasteiger partial charge < -0.3 is 4.90 Å². The van der Waals surface area contributed by atoms with Crippen LogP contribution in [0.1, 0.15) is 13.8 Å². The van der Waals surface area contributed by atoms with Crippen molar-refractivity contribution in [3.05, 3.63) is 6.33 Å². The van der Waals surface area contributed by atoms with Gasteiger partial charge in [-0.25, -0.2) is 4.68 Å². The lowest BCUT2D eigenvalue weighted by Gasteiger charge is -2.39. The molecule has 1 fully saturated rings. The quantitative estimate of drug-likeness (QED) is 0.606. The summed E-state index contributed by atoms with van der Waals surface area (Å²) in [5.41, 5.74) is -1.07. The monoisotopic (exact) mass is 252 g/mol.